The van der Waals surface area contributed by atoms with E-state index in [1.807, 2.05) is 25.1 Å². The number of hydrogen-bond donors (Lipinski definition) is 1. The Morgan fingerprint density at radius 2 is 1.75 bits per heavy atom. The largest absolute Gasteiger partial charge is 0.369 e. The number of halogens is 1. The number of pyridine rings is 1. The number of nitrogens with two attached hydrogens (primary N) is 1. The van der Waals surface area contributed by atoms with Gasteiger partial charge in [-0.15, -0.1) is 0 Å². The van der Waals surface area contributed by atoms with Crippen LogP contribution in [-0.4, -0.2) is 28.8 Å². The average molecular weight is 429 g/mol. The Bertz CT molecular complexity index is 1220. The van der Waals surface area contributed by atoms with E-state index in [0.29, 0.717) is 17.2 Å². The number of carbonyl (C=O) groups is 1. The fraction of sp³-hybridized carbons (Fsp3) is 0.269. The van der Waals surface area contributed by atoms with Crippen LogP contribution in [-0.2, 0) is 10.3 Å². The monoisotopic (exact) mass is 428 g/mol. The second kappa shape index (κ2) is 7.55. The van der Waals surface area contributed by atoms with Crippen molar-refractivity contribution < 1.29 is 9.18 Å². The fourth-order valence-corrected chi connectivity index (χ4v) is 4.56. The minimum Gasteiger partial charge on any atom is -0.369 e. The highest BCUT2D eigenvalue weighted by atomic mass is 19.1. The summed E-state index contributed by atoms with van der Waals surface area (Å²) in [5.41, 5.74) is 9.02. The lowest BCUT2D eigenvalue weighted by atomic mass is 9.74. The average Bonchev–Trinajstić information content (AvgIpc) is 3.64. The second-order valence-corrected chi connectivity index (χ2v) is 8.80. The molecule has 1 saturated carbocycles. The molecule has 0 bridgehead atoms. The normalized spacial score (nSPS) is 23.2. The zero-order chi connectivity index (χ0) is 22.5. The zero-order valence-electron chi connectivity index (χ0n) is 18.1. The first kappa shape index (κ1) is 20.4. The first-order valence-electron chi connectivity index (χ1n) is 10.8. The third-order valence-corrected chi connectivity index (χ3v) is 6.64. The van der Waals surface area contributed by atoms with Gasteiger partial charge in [-0.1, -0.05) is 36.4 Å². The minimum atomic E-state index is -0.961. The summed E-state index contributed by atoms with van der Waals surface area (Å²) in [6, 6.07) is 18.4. The molecule has 5 rings (SSSR count). The summed E-state index contributed by atoms with van der Waals surface area (Å²) >= 11 is 0. The summed E-state index contributed by atoms with van der Waals surface area (Å²) in [6.07, 6.45) is 4.07. The minimum absolute atomic E-state index is 0.122. The molecule has 1 aliphatic carbocycles. The molecule has 0 unspecified atom stereocenters. The highest BCUT2D eigenvalue weighted by Crippen LogP contribution is 2.46. The van der Waals surface area contributed by atoms with Crippen molar-refractivity contribution >= 4 is 11.9 Å². The lowest BCUT2D eigenvalue weighted by molar-refractivity contribution is -0.130. The molecule has 32 heavy (non-hydrogen) atoms. The maximum absolute atomic E-state index is 14.4. The summed E-state index contributed by atoms with van der Waals surface area (Å²) in [5, 5.41) is 0. The number of aliphatic imine (C=N–C) groups is 1. The van der Waals surface area contributed by atoms with Gasteiger partial charge in [0, 0.05) is 18.8 Å². The van der Waals surface area contributed by atoms with Crippen LogP contribution in [0.3, 0.4) is 0 Å². The van der Waals surface area contributed by atoms with E-state index in [1.165, 1.54) is 29.4 Å². The van der Waals surface area contributed by atoms with Gasteiger partial charge in [0.1, 0.15) is 11.4 Å². The summed E-state index contributed by atoms with van der Waals surface area (Å²) in [7, 11) is 1.64. The van der Waals surface area contributed by atoms with E-state index < -0.39 is 11.5 Å². The number of guanidine groups is 1. The highest BCUT2D eigenvalue weighted by Gasteiger charge is 2.47. The number of benzene rings is 2. The fourth-order valence-electron chi connectivity index (χ4n) is 4.56. The summed E-state index contributed by atoms with van der Waals surface area (Å²) in [4.78, 5) is 24.0. The van der Waals surface area contributed by atoms with Crippen LogP contribution >= 0.6 is 0 Å². The Hall–Kier alpha value is -3.54. The molecule has 6 heteroatoms. The molecule has 0 saturated heterocycles. The van der Waals surface area contributed by atoms with Gasteiger partial charge in [-0.3, -0.25) is 14.7 Å². The predicted molar refractivity (Wildman–Crippen MR) is 123 cm³/mol. The number of hydrogen-bond acceptors (Lipinski definition) is 4. The Morgan fingerprint density at radius 1 is 1.06 bits per heavy atom. The number of nitrogens with zero attached hydrogens (tertiary/aromatic N) is 3. The molecule has 1 aliphatic heterocycles. The first-order valence-corrected chi connectivity index (χ1v) is 10.8. The summed E-state index contributed by atoms with van der Waals surface area (Å²) in [6.45, 7) is 1.91. The molecule has 1 amide bonds. The van der Waals surface area contributed by atoms with Gasteiger partial charge in [0.05, 0.1) is 11.6 Å². The van der Waals surface area contributed by atoms with E-state index in [1.54, 1.807) is 37.5 Å². The second-order valence-electron chi connectivity index (χ2n) is 8.80. The van der Waals surface area contributed by atoms with Crippen molar-refractivity contribution in [3.8, 4) is 11.3 Å². The number of amides is 1. The van der Waals surface area contributed by atoms with E-state index in [9.17, 15) is 9.18 Å². The molecular formula is C26H25FN4O. The van der Waals surface area contributed by atoms with E-state index in [4.69, 9.17) is 10.7 Å². The van der Waals surface area contributed by atoms with Crippen molar-refractivity contribution in [2.75, 3.05) is 7.05 Å². The van der Waals surface area contributed by atoms with Crippen LogP contribution in [0.1, 0.15) is 48.3 Å². The molecule has 1 fully saturated rings. The van der Waals surface area contributed by atoms with Gasteiger partial charge in [0.15, 0.2) is 5.96 Å². The SMILES string of the molecule is CN1C(=O)[C@@H](c2ccc(C3CC3)cc2)[C@@](C)(c2ccnc(-c3ccccc3F)c2)N=C1N. The lowest BCUT2D eigenvalue weighted by Crippen LogP contribution is -2.52. The maximum atomic E-state index is 14.4. The summed E-state index contributed by atoms with van der Waals surface area (Å²) < 4.78 is 14.4. The molecular weight excluding hydrogens is 403 g/mol. The van der Waals surface area contributed by atoms with Gasteiger partial charge >= 0.3 is 0 Å². The number of carbonyl (C=O) groups excluding carboxylic acids is 1. The van der Waals surface area contributed by atoms with E-state index >= 15 is 0 Å². The van der Waals surface area contributed by atoms with Crippen LogP contribution in [0.5, 0.6) is 0 Å². The molecule has 2 N–H and O–H groups in total. The van der Waals surface area contributed by atoms with Gasteiger partial charge in [-0.05, 0) is 66.6 Å². The third-order valence-electron chi connectivity index (χ3n) is 6.64. The van der Waals surface area contributed by atoms with Crippen molar-refractivity contribution in [2.45, 2.75) is 37.1 Å². The smallest absolute Gasteiger partial charge is 0.239 e. The molecule has 3 aromatic rings. The van der Waals surface area contributed by atoms with Crippen LogP contribution in [0.2, 0.25) is 0 Å². The predicted octanol–water partition coefficient (Wildman–Crippen LogP) is 4.55. The number of likely N-dealkylation sites (N-methyl/N-ethyl adjacent to an activating group) is 1. The van der Waals surface area contributed by atoms with Crippen LogP contribution in [0.15, 0.2) is 71.9 Å². The van der Waals surface area contributed by atoms with Crippen LogP contribution in [0.25, 0.3) is 11.3 Å². The zero-order valence-corrected chi connectivity index (χ0v) is 18.1. The van der Waals surface area contributed by atoms with Crippen molar-refractivity contribution in [2.24, 2.45) is 10.7 Å². The number of rotatable bonds is 4. The Balaban J connectivity index is 1.63. The van der Waals surface area contributed by atoms with Gasteiger partial charge in [-0.2, -0.15) is 0 Å². The molecule has 162 valence electrons. The van der Waals surface area contributed by atoms with Crippen LogP contribution in [0, 0.1) is 5.82 Å². The molecule has 2 aliphatic rings. The lowest BCUT2D eigenvalue weighted by Gasteiger charge is -2.41. The quantitative estimate of drug-likeness (QED) is 0.663. The molecule has 5 nitrogen and oxygen atoms in total. The highest BCUT2D eigenvalue weighted by molar-refractivity contribution is 6.02. The van der Waals surface area contributed by atoms with Crippen molar-refractivity contribution in [1.29, 1.82) is 0 Å². The molecule has 0 spiro atoms. The van der Waals surface area contributed by atoms with E-state index in [2.05, 4.69) is 17.1 Å². The molecule has 2 aromatic carbocycles. The van der Waals surface area contributed by atoms with Crippen molar-refractivity contribution in [3.05, 3.63) is 89.4 Å². The van der Waals surface area contributed by atoms with E-state index in [0.717, 1.165) is 11.1 Å². The summed E-state index contributed by atoms with van der Waals surface area (Å²) in [5.74, 6) is -0.241. The Labute approximate surface area is 186 Å². The maximum Gasteiger partial charge on any atom is 0.239 e. The van der Waals surface area contributed by atoms with Crippen LogP contribution < -0.4 is 5.73 Å². The standard InChI is InChI=1S/C26H25FN4O/c1-26(19-13-14-29-22(15-19)20-5-3-4-6-21(20)27)23(24(32)31(2)25(28)30-26)18-11-9-17(10-12-18)16-7-8-16/h3-6,9-16,23H,7-8H2,1-2H3,(H2,28,30)/t23-,26-/m1/s1. The van der Waals surface area contributed by atoms with Crippen molar-refractivity contribution in [1.82, 2.24) is 9.88 Å². The number of aromatic nitrogens is 1. The van der Waals surface area contributed by atoms with Gasteiger partial charge in [0.25, 0.3) is 0 Å². The van der Waals surface area contributed by atoms with Crippen molar-refractivity contribution in [3.63, 3.8) is 0 Å². The molecule has 1 aromatic heterocycles. The Kier molecular flexibility index (Phi) is 4.81. The van der Waals surface area contributed by atoms with Gasteiger partial charge < -0.3 is 5.73 Å². The molecule has 2 heterocycles. The van der Waals surface area contributed by atoms with Gasteiger partial charge in [-0.25, -0.2) is 9.38 Å². The Morgan fingerprint density at radius 3 is 2.44 bits per heavy atom. The topological polar surface area (TPSA) is 71.6 Å². The van der Waals surface area contributed by atoms with Gasteiger partial charge in [0.2, 0.25) is 5.91 Å². The third kappa shape index (κ3) is 3.36. The van der Waals surface area contributed by atoms with E-state index in [-0.39, 0.29) is 17.7 Å². The molecule has 0 radical (unpaired) electrons. The first-order chi connectivity index (χ1) is 15.4. The van der Waals surface area contributed by atoms with Crippen LogP contribution in [0.4, 0.5) is 4.39 Å². The molecule has 2 atom stereocenters.